The molecular weight excluding hydrogens is 628 g/mol. The molecule has 0 fully saturated rings. The van der Waals surface area contributed by atoms with Gasteiger partial charge < -0.3 is 24.6 Å². The summed E-state index contributed by atoms with van der Waals surface area (Å²) >= 11 is 6.85. The Morgan fingerprint density at radius 1 is 0.979 bits per heavy atom. The molecule has 5 aromatic rings. The minimum Gasteiger partial charge on any atom is -0.494 e. The minimum absolute atomic E-state index is 0.194. The van der Waals surface area contributed by atoms with Crippen LogP contribution in [0.5, 0.6) is 17.2 Å². The van der Waals surface area contributed by atoms with E-state index >= 15 is 4.39 Å². The molecule has 242 valence electrons. The zero-order valence-corrected chi connectivity index (χ0v) is 27.4. The van der Waals surface area contributed by atoms with Gasteiger partial charge in [0.05, 0.1) is 17.7 Å². The Morgan fingerprint density at radius 3 is 2.54 bits per heavy atom. The van der Waals surface area contributed by atoms with Gasteiger partial charge in [0, 0.05) is 48.2 Å². The van der Waals surface area contributed by atoms with E-state index in [0.717, 1.165) is 45.3 Å². The molecule has 48 heavy (non-hydrogen) atoms. The summed E-state index contributed by atoms with van der Waals surface area (Å²) < 4.78 is 33.3. The van der Waals surface area contributed by atoms with Crippen LogP contribution in [-0.2, 0) is 26.1 Å². The van der Waals surface area contributed by atoms with Crippen LogP contribution in [0.25, 0.3) is 11.1 Å². The number of hydrogen-bond donors (Lipinski definition) is 2. The molecular formula is C38H34BClFN3O4. The fourth-order valence-electron chi connectivity index (χ4n) is 6.00. The molecule has 0 unspecified atom stereocenters. The van der Waals surface area contributed by atoms with Gasteiger partial charge in [0.1, 0.15) is 30.3 Å². The van der Waals surface area contributed by atoms with Crippen LogP contribution in [0, 0.1) is 17.1 Å². The van der Waals surface area contributed by atoms with Crippen LogP contribution in [-0.4, -0.2) is 24.0 Å². The van der Waals surface area contributed by atoms with Crippen LogP contribution in [0.1, 0.15) is 45.9 Å². The third kappa shape index (κ3) is 7.32. The smallest absolute Gasteiger partial charge is 0.320 e. The molecule has 0 saturated carbocycles. The average Bonchev–Trinajstić information content (AvgIpc) is 3.52. The van der Waals surface area contributed by atoms with E-state index in [2.05, 4.69) is 16.4 Å². The number of fused-ring (bicyclic) bond motifs is 1. The summed E-state index contributed by atoms with van der Waals surface area (Å²) in [6.45, 7) is 2.48. The number of nitriles is 1. The molecule has 6 rings (SSSR count). The zero-order valence-electron chi connectivity index (χ0n) is 26.7. The molecule has 0 spiro atoms. The lowest BCUT2D eigenvalue weighted by atomic mass is 9.64. The van der Waals surface area contributed by atoms with Crippen LogP contribution >= 0.6 is 11.6 Å². The van der Waals surface area contributed by atoms with Crippen molar-refractivity contribution in [1.29, 1.82) is 5.26 Å². The highest BCUT2D eigenvalue weighted by molar-refractivity contribution is 6.64. The third-order valence-corrected chi connectivity index (χ3v) is 8.79. The van der Waals surface area contributed by atoms with Crippen LogP contribution < -0.4 is 25.0 Å². The Balaban J connectivity index is 1.25. The summed E-state index contributed by atoms with van der Waals surface area (Å²) in [5.74, 6) is 0.872. The van der Waals surface area contributed by atoms with E-state index in [9.17, 15) is 10.3 Å². The molecule has 0 radical (unpaired) electrons. The number of methoxy groups -OCH3 is 1. The van der Waals surface area contributed by atoms with Crippen molar-refractivity contribution >= 4 is 24.0 Å². The summed E-state index contributed by atoms with van der Waals surface area (Å²) in [5.41, 5.74) is 7.31. The molecule has 10 heteroatoms. The number of nitrogens with zero attached hydrogens (tertiary/aromatic N) is 2. The van der Waals surface area contributed by atoms with Crippen LogP contribution in [0.4, 0.5) is 4.39 Å². The number of hydrogen-bond acceptors (Lipinski definition) is 7. The molecule has 1 heterocycles. The van der Waals surface area contributed by atoms with Crippen molar-refractivity contribution in [2.45, 2.75) is 45.5 Å². The van der Waals surface area contributed by atoms with Gasteiger partial charge in [0.15, 0.2) is 11.6 Å². The minimum atomic E-state index is -0.519. The van der Waals surface area contributed by atoms with Crippen molar-refractivity contribution < 1.29 is 23.6 Å². The number of nitrogens with one attached hydrogen (secondary N) is 1. The van der Waals surface area contributed by atoms with E-state index in [1.165, 1.54) is 13.3 Å². The van der Waals surface area contributed by atoms with Gasteiger partial charge in [0.25, 0.3) is 0 Å². The van der Waals surface area contributed by atoms with E-state index in [1.54, 1.807) is 37.3 Å². The molecule has 0 amide bonds. The molecule has 0 saturated heterocycles. The Kier molecular flexibility index (Phi) is 10.3. The summed E-state index contributed by atoms with van der Waals surface area (Å²) in [6, 6.07) is 26.3. The van der Waals surface area contributed by atoms with Crippen LogP contribution in [0.2, 0.25) is 11.8 Å². The predicted molar refractivity (Wildman–Crippen MR) is 185 cm³/mol. The number of ether oxygens (including phenoxy) is 3. The fraction of sp³-hybridized carbons (Fsp3) is 0.211. The topological polar surface area (TPSA) is 96.6 Å². The molecule has 1 atom stereocenters. The predicted octanol–water partition coefficient (Wildman–Crippen LogP) is 7.18. The summed E-state index contributed by atoms with van der Waals surface area (Å²) in [7, 11) is 1.46. The molecule has 0 bridgehead atoms. The zero-order chi connectivity index (χ0) is 33.6. The molecule has 2 N–H and O–H groups in total. The maximum Gasteiger partial charge on any atom is 0.320 e. The van der Waals surface area contributed by atoms with E-state index in [1.807, 2.05) is 54.6 Å². The Morgan fingerprint density at radius 2 is 1.77 bits per heavy atom. The van der Waals surface area contributed by atoms with Crippen LogP contribution in [0.3, 0.4) is 0 Å². The molecule has 4 aromatic carbocycles. The molecule has 7 nitrogen and oxygen atoms in total. The number of pyridine rings is 1. The first kappa shape index (κ1) is 33.0. The lowest BCUT2D eigenvalue weighted by Crippen LogP contribution is -2.26. The van der Waals surface area contributed by atoms with Crippen LogP contribution in [0.15, 0.2) is 91.3 Å². The van der Waals surface area contributed by atoms with E-state index < -0.39 is 6.92 Å². The first-order chi connectivity index (χ1) is 23.3. The van der Waals surface area contributed by atoms with Gasteiger partial charge in [-0.2, -0.15) is 5.26 Å². The Labute approximate surface area is 285 Å². The normalized spacial score (nSPS) is 13.5. The number of halogens is 2. The van der Waals surface area contributed by atoms with Gasteiger partial charge in [-0.1, -0.05) is 73.0 Å². The first-order valence-electron chi connectivity index (χ1n) is 15.7. The van der Waals surface area contributed by atoms with Gasteiger partial charge in [0.2, 0.25) is 0 Å². The highest BCUT2D eigenvalue weighted by Gasteiger charge is 2.28. The molecule has 1 aromatic heterocycles. The Hall–Kier alpha value is -4.88. The van der Waals surface area contributed by atoms with E-state index in [0.29, 0.717) is 47.2 Å². The number of benzene rings is 4. The highest BCUT2D eigenvalue weighted by atomic mass is 35.5. The van der Waals surface area contributed by atoms with Gasteiger partial charge >= 0.3 is 6.92 Å². The van der Waals surface area contributed by atoms with E-state index in [4.69, 9.17) is 25.8 Å². The molecule has 0 aliphatic heterocycles. The largest absolute Gasteiger partial charge is 0.494 e. The quantitative estimate of drug-likeness (QED) is 0.137. The third-order valence-electron chi connectivity index (χ3n) is 8.50. The summed E-state index contributed by atoms with van der Waals surface area (Å²) in [6.07, 6.45) is 4.31. The molecule has 1 aliphatic rings. The second-order valence-electron chi connectivity index (χ2n) is 11.7. The summed E-state index contributed by atoms with van der Waals surface area (Å²) in [5, 5.41) is 23.0. The Bertz CT molecular complexity index is 1970. The van der Waals surface area contributed by atoms with Crippen molar-refractivity contribution in [2.24, 2.45) is 0 Å². The lowest BCUT2D eigenvalue weighted by molar-refractivity contribution is 0.206. The monoisotopic (exact) mass is 661 g/mol. The fourth-order valence-corrected chi connectivity index (χ4v) is 6.23. The summed E-state index contributed by atoms with van der Waals surface area (Å²) in [4.78, 5) is 4.15. The standard InChI is InChI=1S/C38H34BClFN3O4/c1-39(45)28-11-9-24(10-12-28)19-44-22-27-16-33(40)37(17-36(27)47-23-26-15-25(18-42)20-43-21-26)48-34-14-13-30-29(5-3-6-31(30)34)32-7-4-8-35(46-2)38(32)41/h3-12,15-17,20-21,34,44-45H,13-14,19,22-23H2,1-2H3/t34-/m0/s1. The highest BCUT2D eigenvalue weighted by Crippen LogP contribution is 2.44. The van der Waals surface area contributed by atoms with Gasteiger partial charge in [-0.25, -0.2) is 4.39 Å². The first-order valence-corrected chi connectivity index (χ1v) is 16.1. The van der Waals surface area contributed by atoms with Crippen molar-refractivity contribution in [1.82, 2.24) is 10.3 Å². The SMILES string of the molecule is COc1cccc(-c2cccc3c2CC[C@@H]3Oc2cc(OCc3cncc(C#N)c3)c(CNCc3ccc(B(C)O)cc3)cc2Cl)c1F. The lowest BCUT2D eigenvalue weighted by Gasteiger charge is -2.20. The second kappa shape index (κ2) is 14.9. The van der Waals surface area contributed by atoms with Crippen molar-refractivity contribution in [3.05, 3.63) is 135 Å². The van der Waals surface area contributed by atoms with E-state index in [-0.39, 0.29) is 24.3 Å². The molecule has 1 aliphatic carbocycles. The van der Waals surface area contributed by atoms with Crippen molar-refractivity contribution in [3.8, 4) is 34.4 Å². The van der Waals surface area contributed by atoms with Crippen molar-refractivity contribution in [2.75, 3.05) is 7.11 Å². The number of rotatable bonds is 12. The maximum atomic E-state index is 15.3. The van der Waals surface area contributed by atoms with Crippen molar-refractivity contribution in [3.63, 3.8) is 0 Å². The van der Waals surface area contributed by atoms with Gasteiger partial charge in [-0.15, -0.1) is 0 Å². The van der Waals surface area contributed by atoms with Gasteiger partial charge in [-0.3, -0.25) is 4.98 Å². The average molecular weight is 662 g/mol. The number of aromatic nitrogens is 1. The van der Waals surface area contributed by atoms with Gasteiger partial charge in [-0.05, 0) is 58.8 Å². The maximum absolute atomic E-state index is 15.3. The second-order valence-corrected chi connectivity index (χ2v) is 12.1.